The number of rotatable bonds is 13. The normalized spacial score (nSPS) is 26.5. The molecule has 48 heavy (non-hydrogen) atoms. The fourth-order valence-electron chi connectivity index (χ4n) is 7.39. The van der Waals surface area contributed by atoms with Gasteiger partial charge in [0.25, 0.3) is 5.91 Å². The number of sulfone groups is 1. The minimum atomic E-state index is -3.55. The molecule has 0 radical (unpaired) electrons. The van der Waals surface area contributed by atoms with Crippen molar-refractivity contribution in [3.8, 4) is 0 Å². The number of urea groups is 1. The number of nitrogens with one attached hydrogen (secondary N) is 4. The first-order valence-electron chi connectivity index (χ1n) is 18.0. The number of nitrogens with zero attached hydrogens (tertiary/aromatic N) is 1. The van der Waals surface area contributed by atoms with Crippen LogP contribution in [0.15, 0.2) is 0 Å². The maximum Gasteiger partial charge on any atom is 0.315 e. The fourth-order valence-corrected chi connectivity index (χ4v) is 8.92. The number of piperidine rings is 1. The number of Topliss-reactive ketones (excluding diaryl/α,β-unsaturated/α-hetero) is 1. The lowest BCUT2D eigenvalue weighted by Gasteiger charge is -2.41. The Morgan fingerprint density at radius 2 is 1.56 bits per heavy atom. The van der Waals surface area contributed by atoms with Crippen LogP contribution in [-0.4, -0.2) is 89.6 Å². The van der Waals surface area contributed by atoms with Gasteiger partial charge in [0.15, 0.2) is 9.84 Å². The molecule has 4 aliphatic rings. The molecule has 4 N–H and O–H groups in total. The second kappa shape index (κ2) is 14.3. The molecule has 4 fully saturated rings. The zero-order valence-electron chi connectivity index (χ0n) is 30.2. The van der Waals surface area contributed by atoms with Crippen LogP contribution < -0.4 is 21.3 Å². The number of unbranched alkanes of at least 4 members (excludes halogenated alkanes) is 1. The van der Waals surface area contributed by atoms with Crippen molar-refractivity contribution >= 4 is 39.4 Å². The van der Waals surface area contributed by atoms with Gasteiger partial charge < -0.3 is 26.2 Å². The van der Waals surface area contributed by atoms with Gasteiger partial charge >= 0.3 is 6.03 Å². The van der Waals surface area contributed by atoms with E-state index >= 15 is 0 Å². The number of ketones is 1. The van der Waals surface area contributed by atoms with Crippen molar-refractivity contribution in [2.45, 2.75) is 154 Å². The van der Waals surface area contributed by atoms with Crippen LogP contribution in [0, 0.1) is 23.2 Å². The van der Waals surface area contributed by atoms with Crippen molar-refractivity contribution < 1.29 is 32.4 Å². The third-order valence-corrected chi connectivity index (χ3v) is 13.7. The molecule has 12 nitrogen and oxygen atoms in total. The van der Waals surface area contributed by atoms with Crippen molar-refractivity contribution in [2.24, 2.45) is 23.2 Å². The smallest absolute Gasteiger partial charge is 0.315 e. The van der Waals surface area contributed by atoms with Gasteiger partial charge in [-0.25, -0.2) is 13.2 Å². The van der Waals surface area contributed by atoms with Gasteiger partial charge in [-0.2, -0.15) is 0 Å². The molecule has 1 heterocycles. The maximum atomic E-state index is 14.4. The van der Waals surface area contributed by atoms with E-state index in [0.717, 1.165) is 38.5 Å². The second-order valence-electron chi connectivity index (χ2n) is 17.0. The summed E-state index contributed by atoms with van der Waals surface area (Å²) in [6.45, 7) is 14.8. The molecule has 1 saturated heterocycles. The summed E-state index contributed by atoms with van der Waals surface area (Å²) in [5.74, 6) is -2.15. The van der Waals surface area contributed by atoms with Crippen LogP contribution >= 0.6 is 0 Å². The zero-order valence-corrected chi connectivity index (χ0v) is 31.1. The lowest BCUT2D eigenvalue weighted by Crippen LogP contribution is -2.64. The van der Waals surface area contributed by atoms with E-state index in [1.165, 1.54) is 4.90 Å². The molecule has 0 bridgehead atoms. The Kier molecular flexibility index (Phi) is 11.3. The molecule has 4 rings (SSSR count). The van der Waals surface area contributed by atoms with E-state index < -0.39 is 73.2 Å². The van der Waals surface area contributed by atoms with Gasteiger partial charge in [0.1, 0.15) is 12.1 Å². The van der Waals surface area contributed by atoms with E-state index in [2.05, 4.69) is 21.3 Å². The molecule has 3 aliphatic carbocycles. The summed E-state index contributed by atoms with van der Waals surface area (Å²) in [6, 6.07) is -3.44. The first-order valence-corrected chi connectivity index (χ1v) is 19.6. The summed E-state index contributed by atoms with van der Waals surface area (Å²) in [4.78, 5) is 69.3. The monoisotopic (exact) mass is 693 g/mol. The van der Waals surface area contributed by atoms with Crippen LogP contribution in [0.5, 0.6) is 0 Å². The third-order valence-electron chi connectivity index (χ3n) is 10.9. The maximum absolute atomic E-state index is 14.4. The van der Waals surface area contributed by atoms with E-state index in [1.807, 2.05) is 34.6 Å². The number of hydrogen-bond acceptors (Lipinski definition) is 7. The van der Waals surface area contributed by atoms with E-state index in [9.17, 15) is 32.4 Å². The summed E-state index contributed by atoms with van der Waals surface area (Å²) in [6.07, 6.45) is 7.00. The standard InChI is InChI=1S/C35H59N5O7S/c1-9-10-14-24(27(41)30(43)36-22-15-16-22)37-29(42)26-25-21(2)23(25)19-40(26)31(44)28(33(3,4)5)38-32(45)39-35(17-12-11-13-18-35)20-48(46,47)34(6,7)8/h21-26,28H,9-20H2,1-8H3,(H,36,43)(H,37,42)(H2,38,39,45). The average molecular weight is 694 g/mol. The SMILES string of the molecule is CCCCC(NC(=O)C1C2C(C)C2CN1C(=O)C(NC(=O)NC1(CS(=O)(=O)C(C)(C)C)CCCCC1)C(C)(C)C)C(=O)C(=O)NC1CC1. The van der Waals surface area contributed by atoms with Gasteiger partial charge in [0.05, 0.1) is 22.1 Å². The first-order chi connectivity index (χ1) is 22.2. The second-order valence-corrected chi connectivity index (χ2v) is 19.7. The molecule has 5 amide bonds. The predicted octanol–water partition coefficient (Wildman–Crippen LogP) is 3.23. The Morgan fingerprint density at radius 3 is 2.10 bits per heavy atom. The van der Waals surface area contributed by atoms with Crippen molar-refractivity contribution in [1.82, 2.24) is 26.2 Å². The van der Waals surface area contributed by atoms with Crippen LogP contribution in [0.2, 0.25) is 0 Å². The summed E-state index contributed by atoms with van der Waals surface area (Å²) < 4.78 is 25.6. The summed E-state index contributed by atoms with van der Waals surface area (Å²) in [5.41, 5.74) is -1.69. The molecule has 6 unspecified atom stereocenters. The molecule has 6 atom stereocenters. The van der Waals surface area contributed by atoms with Crippen LogP contribution in [-0.2, 0) is 29.0 Å². The highest BCUT2D eigenvalue weighted by molar-refractivity contribution is 7.92. The Morgan fingerprint density at radius 1 is 0.938 bits per heavy atom. The molecule has 0 aromatic heterocycles. The minimum Gasteiger partial charge on any atom is -0.347 e. The van der Waals surface area contributed by atoms with Gasteiger partial charge in [-0.1, -0.05) is 66.7 Å². The average Bonchev–Trinajstić information content (AvgIpc) is 3.87. The Bertz CT molecular complexity index is 1360. The van der Waals surface area contributed by atoms with Crippen molar-refractivity contribution in [1.29, 1.82) is 0 Å². The highest BCUT2D eigenvalue weighted by Gasteiger charge is 2.63. The summed E-state index contributed by atoms with van der Waals surface area (Å²) in [5, 5.41) is 11.4. The van der Waals surface area contributed by atoms with Crippen LogP contribution in [0.4, 0.5) is 4.79 Å². The molecule has 13 heteroatoms. The lowest BCUT2D eigenvalue weighted by atomic mass is 9.83. The number of fused-ring (bicyclic) bond motifs is 1. The number of carbonyl (C=O) groups is 5. The molecular weight excluding hydrogens is 634 g/mol. The van der Waals surface area contributed by atoms with Crippen LogP contribution in [0.25, 0.3) is 0 Å². The quantitative estimate of drug-likeness (QED) is 0.215. The predicted molar refractivity (Wildman–Crippen MR) is 184 cm³/mol. The molecule has 1 aliphatic heterocycles. The highest BCUT2D eigenvalue weighted by Crippen LogP contribution is 2.55. The van der Waals surface area contributed by atoms with Gasteiger partial charge in [-0.15, -0.1) is 0 Å². The fraction of sp³-hybridized carbons (Fsp3) is 0.857. The van der Waals surface area contributed by atoms with E-state index in [-0.39, 0.29) is 29.5 Å². The largest absolute Gasteiger partial charge is 0.347 e. The molecule has 3 saturated carbocycles. The number of likely N-dealkylation sites (tertiary alicyclic amines) is 1. The molecule has 0 spiro atoms. The first kappa shape index (κ1) is 38.1. The van der Waals surface area contributed by atoms with Crippen molar-refractivity contribution in [2.75, 3.05) is 12.3 Å². The van der Waals surface area contributed by atoms with E-state index in [1.54, 1.807) is 20.8 Å². The third kappa shape index (κ3) is 8.71. The summed E-state index contributed by atoms with van der Waals surface area (Å²) >= 11 is 0. The number of hydrogen-bond donors (Lipinski definition) is 4. The van der Waals surface area contributed by atoms with Crippen LogP contribution in [0.1, 0.15) is 120 Å². The Hall–Kier alpha value is -2.70. The van der Waals surface area contributed by atoms with E-state index in [0.29, 0.717) is 32.2 Å². The highest BCUT2D eigenvalue weighted by atomic mass is 32.2. The van der Waals surface area contributed by atoms with Crippen LogP contribution in [0.3, 0.4) is 0 Å². The Labute approximate surface area is 287 Å². The lowest BCUT2D eigenvalue weighted by molar-refractivity contribution is -0.145. The number of amides is 5. The molecule has 0 aromatic carbocycles. The minimum absolute atomic E-state index is 0.00918. The zero-order chi connectivity index (χ0) is 35.8. The van der Waals surface area contributed by atoms with Gasteiger partial charge in [-0.3, -0.25) is 19.2 Å². The topological polar surface area (TPSA) is 171 Å². The van der Waals surface area contributed by atoms with Gasteiger partial charge in [-0.05, 0) is 76.0 Å². The molecule has 272 valence electrons. The summed E-state index contributed by atoms with van der Waals surface area (Å²) in [7, 11) is -3.55. The number of carbonyl (C=O) groups excluding carboxylic acids is 5. The van der Waals surface area contributed by atoms with E-state index in [4.69, 9.17) is 0 Å². The van der Waals surface area contributed by atoms with Crippen molar-refractivity contribution in [3.63, 3.8) is 0 Å². The van der Waals surface area contributed by atoms with Gasteiger partial charge in [0.2, 0.25) is 17.6 Å². The molecular formula is C35H59N5O7S. The van der Waals surface area contributed by atoms with Gasteiger partial charge in [0, 0.05) is 12.6 Å². The Balaban J connectivity index is 1.52. The van der Waals surface area contributed by atoms with Crippen molar-refractivity contribution in [3.05, 3.63) is 0 Å². The molecule has 0 aromatic rings.